The third-order valence-corrected chi connectivity index (χ3v) is 3.77. The van der Waals surface area contributed by atoms with Crippen LogP contribution in [0.3, 0.4) is 0 Å². The number of pyridine rings is 1. The smallest absolute Gasteiger partial charge is 0.266 e. The standard InChI is InChI=1S/C17H15FN4O3/c1-10-4-5-14(12(18)7-10)22-15(23)8-13(17(22)25)20-21-16(24)11-3-2-6-19-9-11/h2-7,9,13,20H,8H2,1H3,(H,21,24). The van der Waals surface area contributed by atoms with Gasteiger partial charge >= 0.3 is 0 Å². The molecule has 1 atom stereocenters. The molecule has 1 aromatic carbocycles. The summed E-state index contributed by atoms with van der Waals surface area (Å²) >= 11 is 0. The topological polar surface area (TPSA) is 91.4 Å². The molecule has 8 heteroatoms. The summed E-state index contributed by atoms with van der Waals surface area (Å²) in [7, 11) is 0. The van der Waals surface area contributed by atoms with Gasteiger partial charge in [0.1, 0.15) is 11.9 Å². The van der Waals surface area contributed by atoms with Gasteiger partial charge < -0.3 is 0 Å². The molecule has 1 unspecified atom stereocenters. The minimum Gasteiger partial charge on any atom is -0.287 e. The van der Waals surface area contributed by atoms with Crippen molar-refractivity contribution in [3.05, 3.63) is 59.7 Å². The molecule has 1 aromatic heterocycles. The number of benzene rings is 1. The number of amides is 3. The molecule has 0 bridgehead atoms. The maximum Gasteiger partial charge on any atom is 0.266 e. The number of anilines is 1. The Morgan fingerprint density at radius 1 is 1.32 bits per heavy atom. The van der Waals surface area contributed by atoms with Crippen molar-refractivity contribution in [1.29, 1.82) is 0 Å². The minimum atomic E-state index is -0.964. The van der Waals surface area contributed by atoms with Crippen LogP contribution in [0, 0.1) is 12.7 Å². The normalized spacial score (nSPS) is 17.0. The van der Waals surface area contributed by atoms with Crippen molar-refractivity contribution in [2.75, 3.05) is 4.90 Å². The molecule has 128 valence electrons. The highest BCUT2D eigenvalue weighted by Gasteiger charge is 2.40. The summed E-state index contributed by atoms with van der Waals surface area (Å²) in [6.45, 7) is 1.71. The summed E-state index contributed by atoms with van der Waals surface area (Å²) in [6, 6.07) is 6.44. The van der Waals surface area contributed by atoms with Crippen molar-refractivity contribution >= 4 is 23.4 Å². The van der Waals surface area contributed by atoms with Gasteiger partial charge in [0.2, 0.25) is 5.91 Å². The Morgan fingerprint density at radius 3 is 2.80 bits per heavy atom. The quantitative estimate of drug-likeness (QED) is 0.641. The van der Waals surface area contributed by atoms with Gasteiger partial charge in [-0.05, 0) is 36.8 Å². The van der Waals surface area contributed by atoms with Crippen LogP contribution >= 0.6 is 0 Å². The molecule has 7 nitrogen and oxygen atoms in total. The highest BCUT2D eigenvalue weighted by Crippen LogP contribution is 2.26. The number of imide groups is 1. The third kappa shape index (κ3) is 3.38. The van der Waals surface area contributed by atoms with E-state index in [1.807, 2.05) is 0 Å². The Morgan fingerprint density at radius 2 is 2.12 bits per heavy atom. The Kier molecular flexibility index (Phi) is 4.53. The number of rotatable bonds is 4. The SMILES string of the molecule is Cc1ccc(N2C(=O)CC(NNC(=O)c3cccnc3)C2=O)c(F)c1. The molecule has 25 heavy (non-hydrogen) atoms. The Hall–Kier alpha value is -3.13. The second-order valence-electron chi connectivity index (χ2n) is 5.62. The van der Waals surface area contributed by atoms with Crippen molar-refractivity contribution in [3.63, 3.8) is 0 Å². The number of halogens is 1. The van der Waals surface area contributed by atoms with Crippen LogP contribution in [0.15, 0.2) is 42.7 Å². The van der Waals surface area contributed by atoms with E-state index in [1.54, 1.807) is 25.1 Å². The van der Waals surface area contributed by atoms with Crippen LogP contribution in [0.5, 0.6) is 0 Å². The van der Waals surface area contributed by atoms with Crippen LogP contribution in [0.1, 0.15) is 22.3 Å². The number of hydrazine groups is 1. The number of nitrogens with zero attached hydrogens (tertiary/aromatic N) is 2. The van der Waals surface area contributed by atoms with Gasteiger partial charge in [-0.1, -0.05) is 6.07 Å². The second kappa shape index (κ2) is 6.78. The summed E-state index contributed by atoms with van der Waals surface area (Å²) in [5.74, 6) is -2.31. The molecule has 0 radical (unpaired) electrons. The molecule has 0 spiro atoms. The van der Waals surface area contributed by atoms with Gasteiger partial charge in [-0.2, -0.15) is 0 Å². The lowest BCUT2D eigenvalue weighted by atomic mass is 10.2. The maximum atomic E-state index is 14.1. The van der Waals surface area contributed by atoms with E-state index >= 15 is 0 Å². The fraction of sp³-hybridized carbons (Fsp3) is 0.176. The van der Waals surface area contributed by atoms with E-state index in [2.05, 4.69) is 15.8 Å². The Balaban J connectivity index is 1.70. The van der Waals surface area contributed by atoms with E-state index in [1.165, 1.54) is 24.5 Å². The zero-order valence-electron chi connectivity index (χ0n) is 13.3. The molecule has 1 aliphatic rings. The number of nitrogens with one attached hydrogen (secondary N) is 2. The van der Waals surface area contributed by atoms with Gasteiger partial charge in [-0.15, -0.1) is 0 Å². The third-order valence-electron chi connectivity index (χ3n) is 3.77. The number of carbonyl (C=O) groups excluding carboxylic acids is 3. The van der Waals surface area contributed by atoms with Crippen molar-refractivity contribution < 1.29 is 18.8 Å². The average Bonchev–Trinajstić information content (AvgIpc) is 2.88. The molecule has 3 rings (SSSR count). The Bertz CT molecular complexity index is 841. The van der Waals surface area contributed by atoms with Crippen molar-refractivity contribution in [2.45, 2.75) is 19.4 Å². The first-order valence-corrected chi connectivity index (χ1v) is 7.56. The summed E-state index contributed by atoms with van der Waals surface area (Å²) in [4.78, 5) is 41.1. The van der Waals surface area contributed by atoms with Crippen LogP contribution in [-0.2, 0) is 9.59 Å². The van der Waals surface area contributed by atoms with E-state index in [-0.39, 0.29) is 12.1 Å². The monoisotopic (exact) mass is 342 g/mol. The van der Waals surface area contributed by atoms with Crippen LogP contribution in [-0.4, -0.2) is 28.7 Å². The molecule has 1 saturated heterocycles. The van der Waals surface area contributed by atoms with Crippen molar-refractivity contribution in [1.82, 2.24) is 15.8 Å². The molecule has 3 amide bonds. The number of aryl methyl sites for hydroxylation is 1. The number of hydrogen-bond donors (Lipinski definition) is 2. The van der Waals surface area contributed by atoms with Gasteiger partial charge in [0.05, 0.1) is 17.7 Å². The van der Waals surface area contributed by atoms with Gasteiger partial charge in [-0.3, -0.25) is 24.8 Å². The number of carbonyl (C=O) groups is 3. The molecule has 0 aliphatic carbocycles. The number of aromatic nitrogens is 1. The van der Waals surface area contributed by atoms with Crippen LogP contribution in [0.4, 0.5) is 10.1 Å². The first-order chi connectivity index (χ1) is 12.0. The Labute approximate surface area is 142 Å². The second-order valence-corrected chi connectivity index (χ2v) is 5.62. The largest absolute Gasteiger partial charge is 0.287 e. The summed E-state index contributed by atoms with van der Waals surface area (Å²) in [6.07, 6.45) is 2.71. The predicted octanol–water partition coefficient (Wildman–Crippen LogP) is 1.10. The van der Waals surface area contributed by atoms with E-state index in [0.29, 0.717) is 11.1 Å². The van der Waals surface area contributed by atoms with Gasteiger partial charge in [0.25, 0.3) is 11.8 Å². The van der Waals surface area contributed by atoms with Gasteiger partial charge in [-0.25, -0.2) is 14.7 Å². The molecule has 2 N–H and O–H groups in total. The van der Waals surface area contributed by atoms with Gasteiger partial charge in [0.15, 0.2) is 0 Å². The zero-order chi connectivity index (χ0) is 18.0. The van der Waals surface area contributed by atoms with Crippen LogP contribution in [0.2, 0.25) is 0 Å². The van der Waals surface area contributed by atoms with Crippen molar-refractivity contribution in [2.24, 2.45) is 0 Å². The fourth-order valence-corrected chi connectivity index (χ4v) is 2.51. The van der Waals surface area contributed by atoms with E-state index in [0.717, 1.165) is 4.90 Å². The average molecular weight is 342 g/mol. The molecule has 1 aliphatic heterocycles. The summed E-state index contributed by atoms with van der Waals surface area (Å²) in [5, 5.41) is 0. The lowest BCUT2D eigenvalue weighted by Gasteiger charge is -2.16. The molecular weight excluding hydrogens is 327 g/mol. The first-order valence-electron chi connectivity index (χ1n) is 7.56. The van der Waals surface area contributed by atoms with Crippen LogP contribution in [0.25, 0.3) is 0 Å². The molecule has 2 heterocycles. The highest BCUT2D eigenvalue weighted by atomic mass is 19.1. The van der Waals surface area contributed by atoms with E-state index < -0.39 is 29.6 Å². The van der Waals surface area contributed by atoms with Crippen molar-refractivity contribution in [3.8, 4) is 0 Å². The molecule has 0 saturated carbocycles. The minimum absolute atomic E-state index is 0.0940. The summed E-state index contributed by atoms with van der Waals surface area (Å²) < 4.78 is 14.1. The predicted molar refractivity (Wildman–Crippen MR) is 86.9 cm³/mol. The maximum absolute atomic E-state index is 14.1. The van der Waals surface area contributed by atoms with Crippen LogP contribution < -0.4 is 15.8 Å². The lowest BCUT2D eigenvalue weighted by Crippen LogP contribution is -2.48. The molecular formula is C17H15FN4O3. The zero-order valence-corrected chi connectivity index (χ0v) is 13.3. The summed E-state index contributed by atoms with van der Waals surface area (Å²) in [5.41, 5.74) is 5.78. The highest BCUT2D eigenvalue weighted by molar-refractivity contribution is 6.22. The molecule has 1 fully saturated rings. The fourth-order valence-electron chi connectivity index (χ4n) is 2.51. The number of hydrogen-bond acceptors (Lipinski definition) is 5. The van der Waals surface area contributed by atoms with E-state index in [9.17, 15) is 18.8 Å². The molecule has 2 aromatic rings. The lowest BCUT2D eigenvalue weighted by molar-refractivity contribution is -0.121. The van der Waals surface area contributed by atoms with E-state index in [4.69, 9.17) is 0 Å². The van der Waals surface area contributed by atoms with Gasteiger partial charge in [0, 0.05) is 12.4 Å². The first kappa shape index (κ1) is 16.7.